The maximum atomic E-state index is 13.1. The van der Waals surface area contributed by atoms with Crippen molar-refractivity contribution in [2.24, 2.45) is 0 Å². The van der Waals surface area contributed by atoms with Gasteiger partial charge in [-0.25, -0.2) is 14.7 Å². The molecule has 1 fully saturated rings. The first-order chi connectivity index (χ1) is 16.9. The molecule has 2 amide bonds. The highest BCUT2D eigenvalue weighted by Crippen LogP contribution is 2.40. The first-order valence-electron chi connectivity index (χ1n) is 10.4. The number of esters is 1. The molecule has 2 aromatic heterocycles. The zero-order valence-electron chi connectivity index (χ0n) is 18.3. The van der Waals surface area contributed by atoms with Crippen molar-refractivity contribution in [3.63, 3.8) is 0 Å². The summed E-state index contributed by atoms with van der Waals surface area (Å²) in [5.74, 6) is -1.32. The molecular formula is C24H17N5O5S. The summed E-state index contributed by atoms with van der Waals surface area (Å²) in [6.07, 6.45) is 1.26. The molecule has 0 aliphatic carbocycles. The van der Waals surface area contributed by atoms with Crippen LogP contribution in [0.5, 0.6) is 0 Å². The van der Waals surface area contributed by atoms with Crippen molar-refractivity contribution in [3.8, 4) is 23.5 Å². The van der Waals surface area contributed by atoms with Gasteiger partial charge < -0.3 is 14.9 Å². The number of furan rings is 1. The second-order valence-corrected chi connectivity index (χ2v) is 8.46. The number of amides is 2. The average molecular weight is 487 g/mol. The SMILES string of the molecule is CCOC(=O)c1ccc(N2C(=O)CC(Sc3nc(N)c(C#N)c(-c4ccco4)c3C#N)C2=O)cc1. The molecule has 0 radical (unpaired) electrons. The van der Waals surface area contributed by atoms with Crippen LogP contribution in [0.25, 0.3) is 11.3 Å². The lowest BCUT2D eigenvalue weighted by Gasteiger charge is -2.16. The molecule has 3 heterocycles. The summed E-state index contributed by atoms with van der Waals surface area (Å²) in [6.45, 7) is 1.92. The van der Waals surface area contributed by atoms with Gasteiger partial charge in [-0.1, -0.05) is 11.8 Å². The Morgan fingerprint density at radius 2 is 1.94 bits per heavy atom. The number of carbonyl (C=O) groups excluding carboxylic acids is 3. The van der Waals surface area contributed by atoms with Crippen LogP contribution in [0, 0.1) is 22.7 Å². The first kappa shape index (κ1) is 23.5. The summed E-state index contributed by atoms with van der Waals surface area (Å²) in [5.41, 5.74) is 6.76. The van der Waals surface area contributed by atoms with E-state index in [0.717, 1.165) is 16.7 Å². The number of benzene rings is 1. The molecule has 11 heteroatoms. The van der Waals surface area contributed by atoms with Gasteiger partial charge in [-0.3, -0.25) is 9.59 Å². The van der Waals surface area contributed by atoms with Crippen LogP contribution < -0.4 is 10.6 Å². The van der Waals surface area contributed by atoms with Crippen molar-refractivity contribution in [3.05, 3.63) is 59.4 Å². The first-order valence-corrected chi connectivity index (χ1v) is 11.3. The number of hydrogen-bond acceptors (Lipinski definition) is 10. The summed E-state index contributed by atoms with van der Waals surface area (Å²) in [5, 5.41) is 18.6. The second kappa shape index (κ2) is 9.71. The summed E-state index contributed by atoms with van der Waals surface area (Å²) in [4.78, 5) is 42.9. The number of carbonyl (C=O) groups is 3. The van der Waals surface area contributed by atoms with Crippen molar-refractivity contribution in [2.75, 3.05) is 17.2 Å². The number of nitrogen functional groups attached to an aromatic ring is 1. The number of hydrogen-bond donors (Lipinski definition) is 1. The number of anilines is 2. The number of thioether (sulfide) groups is 1. The van der Waals surface area contributed by atoms with Gasteiger partial charge in [-0.2, -0.15) is 10.5 Å². The number of rotatable bonds is 6. The van der Waals surface area contributed by atoms with E-state index in [4.69, 9.17) is 14.9 Å². The Morgan fingerprint density at radius 1 is 1.23 bits per heavy atom. The molecule has 174 valence electrons. The number of nitriles is 2. The largest absolute Gasteiger partial charge is 0.464 e. The number of nitrogens with two attached hydrogens (primary N) is 1. The van der Waals surface area contributed by atoms with Gasteiger partial charge in [0.05, 0.1) is 40.5 Å². The summed E-state index contributed by atoms with van der Waals surface area (Å²) in [7, 11) is 0. The highest BCUT2D eigenvalue weighted by Gasteiger charge is 2.41. The molecule has 1 atom stereocenters. The molecule has 0 saturated carbocycles. The minimum atomic E-state index is -0.872. The Labute approximate surface area is 203 Å². The number of aromatic nitrogens is 1. The van der Waals surface area contributed by atoms with Gasteiger partial charge in [-0.15, -0.1) is 0 Å². The molecule has 0 bridgehead atoms. The maximum absolute atomic E-state index is 13.1. The molecule has 1 aromatic carbocycles. The van der Waals surface area contributed by atoms with E-state index < -0.39 is 23.0 Å². The Balaban J connectivity index is 1.65. The molecule has 1 aliphatic rings. The molecule has 4 rings (SSSR count). The van der Waals surface area contributed by atoms with E-state index in [2.05, 4.69) is 4.98 Å². The Morgan fingerprint density at radius 3 is 2.54 bits per heavy atom. The smallest absolute Gasteiger partial charge is 0.338 e. The van der Waals surface area contributed by atoms with E-state index in [1.165, 1.54) is 30.5 Å². The number of imide groups is 1. The van der Waals surface area contributed by atoms with Crippen LogP contribution in [0.3, 0.4) is 0 Å². The number of nitrogens with zero attached hydrogens (tertiary/aromatic N) is 4. The van der Waals surface area contributed by atoms with Gasteiger partial charge >= 0.3 is 5.97 Å². The lowest BCUT2D eigenvalue weighted by Crippen LogP contribution is -2.31. The summed E-state index contributed by atoms with van der Waals surface area (Å²) in [6, 6.07) is 13.1. The zero-order chi connectivity index (χ0) is 25.1. The van der Waals surface area contributed by atoms with Crippen LogP contribution in [0.4, 0.5) is 11.5 Å². The lowest BCUT2D eigenvalue weighted by molar-refractivity contribution is -0.121. The van der Waals surface area contributed by atoms with Crippen molar-refractivity contribution < 1.29 is 23.5 Å². The standard InChI is InChI=1S/C24H17N5O5S/c1-2-33-24(32)13-5-7-14(8-6-13)29-19(30)10-18(23(29)31)35-22-16(12-26)20(17-4-3-9-34-17)15(11-25)21(27)28-22/h3-9,18H,2,10H2,1H3,(H2,27,28). The number of pyridine rings is 1. The highest BCUT2D eigenvalue weighted by atomic mass is 32.2. The lowest BCUT2D eigenvalue weighted by atomic mass is 10.0. The minimum absolute atomic E-state index is 0.0157. The Hall–Kier alpha value is -4.61. The molecule has 1 saturated heterocycles. The average Bonchev–Trinajstić information content (AvgIpc) is 3.47. The molecule has 10 nitrogen and oxygen atoms in total. The predicted octanol–water partition coefficient (Wildman–Crippen LogP) is 3.27. The van der Waals surface area contributed by atoms with E-state index in [9.17, 15) is 24.9 Å². The van der Waals surface area contributed by atoms with Crippen molar-refractivity contribution in [2.45, 2.75) is 23.6 Å². The third kappa shape index (κ3) is 4.33. The van der Waals surface area contributed by atoms with Crippen LogP contribution in [0.15, 0.2) is 52.1 Å². The van der Waals surface area contributed by atoms with Crippen LogP contribution in [0.1, 0.15) is 34.8 Å². The highest BCUT2D eigenvalue weighted by molar-refractivity contribution is 8.00. The van der Waals surface area contributed by atoms with Gasteiger partial charge in [0, 0.05) is 6.42 Å². The van der Waals surface area contributed by atoms with Gasteiger partial charge in [0.2, 0.25) is 11.8 Å². The van der Waals surface area contributed by atoms with Crippen molar-refractivity contribution in [1.82, 2.24) is 4.98 Å². The van der Waals surface area contributed by atoms with E-state index in [1.807, 2.05) is 12.1 Å². The molecule has 2 N–H and O–H groups in total. The third-order valence-electron chi connectivity index (χ3n) is 5.18. The zero-order valence-corrected chi connectivity index (χ0v) is 19.2. The molecule has 0 spiro atoms. The van der Waals surface area contributed by atoms with Crippen LogP contribution in [-0.4, -0.2) is 34.6 Å². The fourth-order valence-corrected chi connectivity index (χ4v) is 4.73. The quantitative estimate of drug-likeness (QED) is 0.403. The molecule has 1 aliphatic heterocycles. The van der Waals surface area contributed by atoms with E-state index in [-0.39, 0.29) is 46.3 Å². The Kier molecular flexibility index (Phi) is 6.53. The third-order valence-corrected chi connectivity index (χ3v) is 6.35. The Bertz CT molecular complexity index is 1400. The normalized spacial score (nSPS) is 15.1. The summed E-state index contributed by atoms with van der Waals surface area (Å²) < 4.78 is 10.3. The van der Waals surface area contributed by atoms with Gasteiger partial charge in [-0.05, 0) is 43.3 Å². The van der Waals surface area contributed by atoms with E-state index >= 15 is 0 Å². The number of ether oxygens (including phenoxy) is 1. The van der Waals surface area contributed by atoms with Gasteiger partial charge in [0.15, 0.2) is 0 Å². The van der Waals surface area contributed by atoms with Crippen molar-refractivity contribution >= 4 is 41.1 Å². The summed E-state index contributed by atoms with van der Waals surface area (Å²) >= 11 is 0.921. The van der Waals surface area contributed by atoms with E-state index in [0.29, 0.717) is 11.3 Å². The van der Waals surface area contributed by atoms with Crippen LogP contribution >= 0.6 is 11.8 Å². The van der Waals surface area contributed by atoms with Crippen LogP contribution in [-0.2, 0) is 14.3 Å². The molecule has 3 aromatic rings. The van der Waals surface area contributed by atoms with Crippen molar-refractivity contribution in [1.29, 1.82) is 10.5 Å². The maximum Gasteiger partial charge on any atom is 0.338 e. The van der Waals surface area contributed by atoms with Gasteiger partial charge in [0.25, 0.3) is 0 Å². The molecule has 35 heavy (non-hydrogen) atoms. The molecular weight excluding hydrogens is 470 g/mol. The second-order valence-electron chi connectivity index (χ2n) is 7.27. The van der Waals surface area contributed by atoms with E-state index in [1.54, 1.807) is 19.1 Å². The monoisotopic (exact) mass is 487 g/mol. The molecule has 1 unspecified atom stereocenters. The van der Waals surface area contributed by atoms with Crippen LogP contribution in [0.2, 0.25) is 0 Å². The topological polar surface area (TPSA) is 163 Å². The fourth-order valence-electron chi connectivity index (χ4n) is 3.61. The minimum Gasteiger partial charge on any atom is -0.464 e. The van der Waals surface area contributed by atoms with Gasteiger partial charge in [0.1, 0.15) is 34.3 Å². The predicted molar refractivity (Wildman–Crippen MR) is 125 cm³/mol. The fraction of sp³-hybridized carbons (Fsp3) is 0.167.